The van der Waals surface area contributed by atoms with Crippen molar-refractivity contribution in [2.45, 2.75) is 6.92 Å². The Bertz CT molecular complexity index is 486. The minimum atomic E-state index is -3.77. The average molecular weight is 323 g/mol. The molecule has 6 nitrogen and oxygen atoms in total. The van der Waals surface area contributed by atoms with Crippen LogP contribution in [0.15, 0.2) is 22.8 Å². The number of pyridine rings is 1. The van der Waals surface area contributed by atoms with Gasteiger partial charge in [-0.1, -0.05) is 0 Å². The predicted molar refractivity (Wildman–Crippen MR) is 66.0 cm³/mol. The number of carbonyl (C=O) groups excluding carboxylic acids is 1. The van der Waals surface area contributed by atoms with Crippen LogP contribution >= 0.6 is 15.9 Å². The lowest BCUT2D eigenvalue weighted by molar-refractivity contribution is -0.139. The third kappa shape index (κ3) is 5.14. The lowest BCUT2D eigenvalue weighted by Gasteiger charge is -2.06. The molecule has 1 aromatic heterocycles. The number of esters is 1. The molecule has 1 N–H and O–H groups in total. The monoisotopic (exact) mass is 322 g/mol. The topological polar surface area (TPSA) is 85.4 Å². The van der Waals surface area contributed by atoms with E-state index in [-0.39, 0.29) is 12.4 Å². The van der Waals surface area contributed by atoms with Gasteiger partial charge < -0.3 is 4.74 Å². The molecule has 0 saturated heterocycles. The van der Waals surface area contributed by atoms with Crippen LogP contribution in [-0.2, 0) is 19.6 Å². The fraction of sp³-hybridized carbons (Fsp3) is 0.333. The minimum absolute atomic E-state index is 0.144. The summed E-state index contributed by atoms with van der Waals surface area (Å²) in [4.78, 5) is 14.9. The number of rotatable bonds is 5. The molecule has 0 radical (unpaired) electrons. The third-order valence-electron chi connectivity index (χ3n) is 1.60. The van der Waals surface area contributed by atoms with Gasteiger partial charge in [-0.25, -0.2) is 13.4 Å². The molecule has 17 heavy (non-hydrogen) atoms. The van der Waals surface area contributed by atoms with Crippen LogP contribution in [0.25, 0.3) is 0 Å². The molecule has 0 fully saturated rings. The molecule has 0 aliphatic carbocycles. The van der Waals surface area contributed by atoms with Crippen LogP contribution in [0.2, 0.25) is 0 Å². The number of anilines is 1. The molecule has 0 saturated carbocycles. The molecule has 1 rings (SSSR count). The van der Waals surface area contributed by atoms with Crippen molar-refractivity contribution >= 4 is 37.7 Å². The van der Waals surface area contributed by atoms with Gasteiger partial charge in [-0.15, -0.1) is 0 Å². The summed E-state index contributed by atoms with van der Waals surface area (Å²) in [6, 6.07) is 3.11. The first-order chi connectivity index (χ1) is 7.93. The molecular formula is C9H11BrN2O4S. The largest absolute Gasteiger partial charge is 0.465 e. The highest BCUT2D eigenvalue weighted by Gasteiger charge is 2.17. The van der Waals surface area contributed by atoms with E-state index in [0.717, 1.165) is 4.47 Å². The predicted octanol–water partition coefficient (Wildman–Crippen LogP) is 1.15. The van der Waals surface area contributed by atoms with E-state index in [1.54, 1.807) is 13.0 Å². The molecule has 0 aromatic carbocycles. The van der Waals surface area contributed by atoms with E-state index in [1.165, 1.54) is 12.3 Å². The fourth-order valence-corrected chi connectivity index (χ4v) is 2.13. The van der Waals surface area contributed by atoms with Crippen molar-refractivity contribution in [1.82, 2.24) is 4.98 Å². The number of nitrogens with zero attached hydrogens (tertiary/aromatic N) is 1. The Morgan fingerprint density at radius 1 is 1.53 bits per heavy atom. The fourth-order valence-electron chi connectivity index (χ4n) is 0.989. The molecule has 94 valence electrons. The van der Waals surface area contributed by atoms with Crippen LogP contribution in [0, 0.1) is 0 Å². The number of ether oxygens (including phenoxy) is 1. The third-order valence-corrected chi connectivity index (χ3v) is 3.21. The number of carbonyl (C=O) groups is 1. The number of hydrogen-bond donors (Lipinski definition) is 1. The molecule has 8 heteroatoms. The zero-order valence-corrected chi connectivity index (χ0v) is 11.4. The van der Waals surface area contributed by atoms with Crippen LogP contribution in [-0.4, -0.2) is 31.7 Å². The van der Waals surface area contributed by atoms with Gasteiger partial charge in [0.05, 0.1) is 6.61 Å². The lowest BCUT2D eigenvalue weighted by atomic mass is 10.5. The van der Waals surface area contributed by atoms with E-state index in [2.05, 4.69) is 30.4 Å². The van der Waals surface area contributed by atoms with Gasteiger partial charge in [-0.05, 0) is 35.0 Å². The van der Waals surface area contributed by atoms with Gasteiger partial charge >= 0.3 is 5.97 Å². The zero-order valence-electron chi connectivity index (χ0n) is 9.01. The Kier molecular flexibility index (Phi) is 4.88. The van der Waals surface area contributed by atoms with Crippen molar-refractivity contribution in [3.05, 3.63) is 22.8 Å². The summed E-state index contributed by atoms with van der Waals surface area (Å²) in [7, 11) is -3.77. The Balaban J connectivity index is 2.66. The van der Waals surface area contributed by atoms with E-state index in [0.29, 0.717) is 0 Å². The van der Waals surface area contributed by atoms with Crippen LogP contribution in [0.1, 0.15) is 6.92 Å². The molecular weight excluding hydrogens is 312 g/mol. The Morgan fingerprint density at radius 3 is 2.76 bits per heavy atom. The average Bonchev–Trinajstić information content (AvgIpc) is 2.20. The maximum Gasteiger partial charge on any atom is 0.323 e. The van der Waals surface area contributed by atoms with Gasteiger partial charge in [0.1, 0.15) is 5.82 Å². The maximum atomic E-state index is 11.5. The van der Waals surface area contributed by atoms with Crippen LogP contribution < -0.4 is 4.72 Å². The van der Waals surface area contributed by atoms with Crippen molar-refractivity contribution in [2.75, 3.05) is 17.1 Å². The number of hydrogen-bond acceptors (Lipinski definition) is 5. The highest BCUT2D eigenvalue weighted by atomic mass is 79.9. The first-order valence-corrected chi connectivity index (χ1v) is 7.15. The van der Waals surface area contributed by atoms with Crippen LogP contribution in [0.3, 0.4) is 0 Å². The summed E-state index contributed by atoms with van der Waals surface area (Å²) >= 11 is 3.17. The van der Waals surface area contributed by atoms with E-state index in [4.69, 9.17) is 0 Å². The second-order valence-electron chi connectivity index (χ2n) is 3.03. The van der Waals surface area contributed by atoms with Crippen molar-refractivity contribution in [3.8, 4) is 0 Å². The van der Waals surface area contributed by atoms with E-state index in [9.17, 15) is 13.2 Å². The van der Waals surface area contributed by atoms with E-state index in [1.807, 2.05) is 0 Å². The summed E-state index contributed by atoms with van der Waals surface area (Å²) < 4.78 is 30.5. The lowest BCUT2D eigenvalue weighted by Crippen LogP contribution is -2.24. The van der Waals surface area contributed by atoms with Crippen molar-refractivity contribution in [2.24, 2.45) is 0 Å². The Morgan fingerprint density at radius 2 is 2.24 bits per heavy atom. The molecule has 0 spiro atoms. The van der Waals surface area contributed by atoms with Gasteiger partial charge in [-0.2, -0.15) is 0 Å². The molecule has 0 bridgehead atoms. The summed E-state index contributed by atoms with van der Waals surface area (Å²) in [6.45, 7) is 1.75. The van der Waals surface area contributed by atoms with Gasteiger partial charge in [-0.3, -0.25) is 9.52 Å². The SMILES string of the molecule is CCOC(=O)CS(=O)(=O)Nc1ccc(Br)cn1. The second-order valence-corrected chi connectivity index (χ2v) is 5.67. The molecule has 1 heterocycles. The van der Waals surface area contributed by atoms with Gasteiger partial charge in [0.2, 0.25) is 10.0 Å². The smallest absolute Gasteiger partial charge is 0.323 e. The highest BCUT2D eigenvalue weighted by molar-refractivity contribution is 9.10. The van der Waals surface area contributed by atoms with Crippen molar-refractivity contribution < 1.29 is 17.9 Å². The molecule has 0 aliphatic rings. The molecule has 0 atom stereocenters. The molecule has 0 unspecified atom stereocenters. The minimum Gasteiger partial charge on any atom is -0.465 e. The Hall–Kier alpha value is -1.15. The maximum absolute atomic E-state index is 11.5. The standard InChI is InChI=1S/C9H11BrN2O4S/c1-2-16-9(13)6-17(14,15)12-8-4-3-7(10)5-11-8/h3-5H,2,6H2,1H3,(H,11,12). The number of halogens is 1. The zero-order chi connectivity index (χ0) is 12.9. The molecule has 0 aliphatic heterocycles. The number of nitrogens with one attached hydrogen (secondary N) is 1. The molecule has 1 aromatic rings. The van der Waals surface area contributed by atoms with Crippen molar-refractivity contribution in [1.29, 1.82) is 0 Å². The summed E-state index contributed by atoms with van der Waals surface area (Å²) in [6.07, 6.45) is 1.45. The van der Waals surface area contributed by atoms with Crippen LogP contribution in [0.4, 0.5) is 5.82 Å². The number of sulfonamides is 1. The summed E-state index contributed by atoms with van der Waals surface area (Å²) in [5, 5.41) is 0. The normalized spacial score (nSPS) is 10.9. The van der Waals surface area contributed by atoms with E-state index < -0.39 is 21.7 Å². The number of aromatic nitrogens is 1. The second kappa shape index (κ2) is 5.97. The van der Waals surface area contributed by atoms with Gasteiger partial charge in [0.25, 0.3) is 0 Å². The van der Waals surface area contributed by atoms with Gasteiger partial charge in [0, 0.05) is 10.7 Å². The van der Waals surface area contributed by atoms with Gasteiger partial charge in [0.15, 0.2) is 5.75 Å². The first-order valence-electron chi connectivity index (χ1n) is 4.70. The van der Waals surface area contributed by atoms with Crippen LogP contribution in [0.5, 0.6) is 0 Å². The quantitative estimate of drug-likeness (QED) is 0.822. The summed E-state index contributed by atoms with van der Waals surface area (Å²) in [5.74, 6) is -1.37. The Labute approximate surface area is 108 Å². The highest BCUT2D eigenvalue weighted by Crippen LogP contribution is 2.11. The molecule has 0 amide bonds. The summed E-state index contributed by atoms with van der Waals surface area (Å²) in [5.41, 5.74) is 0. The van der Waals surface area contributed by atoms with E-state index >= 15 is 0 Å². The first kappa shape index (κ1) is 13.9. The van der Waals surface area contributed by atoms with Crippen molar-refractivity contribution in [3.63, 3.8) is 0 Å².